The Balaban J connectivity index is 1.83. The van der Waals surface area contributed by atoms with Crippen LogP contribution < -0.4 is 0 Å². The van der Waals surface area contributed by atoms with Gasteiger partial charge < -0.3 is 4.74 Å². The quantitative estimate of drug-likeness (QED) is 0.755. The van der Waals surface area contributed by atoms with Crippen molar-refractivity contribution in [3.63, 3.8) is 0 Å². The number of ketones is 1. The van der Waals surface area contributed by atoms with Gasteiger partial charge in [0.2, 0.25) is 10.0 Å². The second-order valence-electron chi connectivity index (χ2n) is 6.40. The van der Waals surface area contributed by atoms with Gasteiger partial charge in [-0.2, -0.15) is 4.31 Å². The fourth-order valence-electron chi connectivity index (χ4n) is 3.04. The zero-order valence-corrected chi connectivity index (χ0v) is 15.8. The number of hydrogen-bond acceptors (Lipinski definition) is 4. The number of rotatable bonds is 5. The lowest BCUT2D eigenvalue weighted by atomic mass is 10.1. The molecular formula is C20H23NO4S. The molecule has 1 unspecified atom stereocenters. The molecule has 0 bridgehead atoms. The summed E-state index contributed by atoms with van der Waals surface area (Å²) in [6, 6.07) is 14.3. The number of carbonyl (C=O) groups is 1. The number of nitrogens with zero attached hydrogens (tertiary/aromatic N) is 1. The number of ether oxygens (including phenoxy) is 1. The van der Waals surface area contributed by atoms with Crippen molar-refractivity contribution in [2.24, 2.45) is 0 Å². The smallest absolute Gasteiger partial charge is 0.243 e. The molecule has 0 aliphatic carbocycles. The van der Waals surface area contributed by atoms with Crippen LogP contribution in [0.2, 0.25) is 0 Å². The molecule has 0 radical (unpaired) electrons. The number of sulfonamides is 1. The summed E-state index contributed by atoms with van der Waals surface area (Å²) in [5.74, 6) is -0.155. The highest BCUT2D eigenvalue weighted by Gasteiger charge is 2.31. The average Bonchev–Trinajstić information content (AvgIpc) is 2.68. The van der Waals surface area contributed by atoms with Crippen LogP contribution >= 0.6 is 0 Å². The van der Waals surface area contributed by atoms with Crippen LogP contribution in [-0.4, -0.2) is 38.2 Å². The van der Waals surface area contributed by atoms with E-state index >= 15 is 0 Å². The van der Waals surface area contributed by atoms with Gasteiger partial charge in [0.25, 0.3) is 0 Å². The molecule has 3 rings (SSSR count). The van der Waals surface area contributed by atoms with Crippen LogP contribution in [0.3, 0.4) is 0 Å². The number of Topliss-reactive ketones (excluding diaryl/α,β-unsaturated/α-hetero) is 1. The van der Waals surface area contributed by atoms with Crippen molar-refractivity contribution in [3.05, 3.63) is 65.2 Å². The van der Waals surface area contributed by atoms with Crippen LogP contribution in [0.4, 0.5) is 0 Å². The summed E-state index contributed by atoms with van der Waals surface area (Å²) >= 11 is 0. The highest BCUT2D eigenvalue weighted by atomic mass is 32.2. The van der Waals surface area contributed by atoms with Crippen molar-refractivity contribution >= 4 is 15.8 Å². The maximum absolute atomic E-state index is 13.0. The van der Waals surface area contributed by atoms with Gasteiger partial charge in [-0.15, -0.1) is 0 Å². The summed E-state index contributed by atoms with van der Waals surface area (Å²) in [7, 11) is -3.67. The first-order chi connectivity index (χ1) is 12.4. The Morgan fingerprint density at radius 3 is 2.58 bits per heavy atom. The molecule has 5 nitrogen and oxygen atoms in total. The molecule has 0 spiro atoms. The van der Waals surface area contributed by atoms with Crippen LogP contribution in [0.5, 0.6) is 0 Å². The van der Waals surface area contributed by atoms with E-state index in [1.165, 1.54) is 28.9 Å². The molecule has 0 N–H and O–H groups in total. The first kappa shape index (κ1) is 18.8. The maximum Gasteiger partial charge on any atom is 0.243 e. The van der Waals surface area contributed by atoms with E-state index < -0.39 is 10.0 Å². The first-order valence-corrected chi connectivity index (χ1v) is 10.2. The average molecular weight is 373 g/mol. The van der Waals surface area contributed by atoms with Gasteiger partial charge in [-0.1, -0.05) is 43.3 Å². The van der Waals surface area contributed by atoms with Crippen molar-refractivity contribution in [3.8, 4) is 0 Å². The third-order valence-electron chi connectivity index (χ3n) is 4.67. The summed E-state index contributed by atoms with van der Waals surface area (Å²) in [4.78, 5) is 11.7. The van der Waals surface area contributed by atoms with Crippen LogP contribution in [0.25, 0.3) is 0 Å². The Morgan fingerprint density at radius 2 is 1.92 bits per heavy atom. The monoisotopic (exact) mass is 373 g/mol. The van der Waals surface area contributed by atoms with Crippen LogP contribution in [0, 0.1) is 0 Å². The van der Waals surface area contributed by atoms with E-state index in [1.54, 1.807) is 12.1 Å². The molecule has 1 saturated heterocycles. The molecule has 26 heavy (non-hydrogen) atoms. The third kappa shape index (κ3) is 3.87. The molecular weight excluding hydrogens is 350 g/mol. The minimum absolute atomic E-state index is 0.146. The topological polar surface area (TPSA) is 63.7 Å². The molecule has 138 valence electrons. The van der Waals surface area contributed by atoms with E-state index in [0.29, 0.717) is 18.7 Å². The minimum atomic E-state index is -3.67. The normalized spacial score (nSPS) is 18.6. The van der Waals surface area contributed by atoms with Crippen LogP contribution in [0.15, 0.2) is 53.4 Å². The molecule has 1 fully saturated rings. The third-order valence-corrected chi connectivity index (χ3v) is 6.53. The summed E-state index contributed by atoms with van der Waals surface area (Å²) in [5.41, 5.74) is 2.60. The predicted molar refractivity (Wildman–Crippen MR) is 99.7 cm³/mol. The Labute approximate surface area is 154 Å². The Morgan fingerprint density at radius 1 is 1.19 bits per heavy atom. The summed E-state index contributed by atoms with van der Waals surface area (Å²) in [6.07, 6.45) is 0.666. The second-order valence-corrected chi connectivity index (χ2v) is 8.34. The van der Waals surface area contributed by atoms with Crippen molar-refractivity contribution < 1.29 is 17.9 Å². The highest BCUT2D eigenvalue weighted by Crippen LogP contribution is 2.27. The van der Waals surface area contributed by atoms with E-state index in [-0.39, 0.29) is 23.3 Å². The van der Waals surface area contributed by atoms with Crippen molar-refractivity contribution in [1.29, 1.82) is 0 Å². The van der Waals surface area contributed by atoms with Gasteiger partial charge in [-0.25, -0.2) is 8.42 Å². The fraction of sp³-hybridized carbons (Fsp3) is 0.350. The van der Waals surface area contributed by atoms with Gasteiger partial charge in [0.1, 0.15) is 0 Å². The lowest BCUT2D eigenvalue weighted by Gasteiger charge is -2.32. The molecule has 1 aliphatic rings. The Hall–Kier alpha value is -2.02. The molecule has 1 heterocycles. The molecule has 1 atom stereocenters. The Bertz CT molecular complexity index is 890. The van der Waals surface area contributed by atoms with Crippen molar-refractivity contribution in [1.82, 2.24) is 4.31 Å². The lowest BCUT2D eigenvalue weighted by molar-refractivity contribution is -0.00256. The summed E-state index contributed by atoms with van der Waals surface area (Å²) in [5, 5.41) is 0. The molecule has 0 aromatic heterocycles. The first-order valence-electron chi connectivity index (χ1n) is 8.73. The second kappa shape index (κ2) is 7.70. The van der Waals surface area contributed by atoms with Gasteiger partial charge in [0.05, 0.1) is 17.6 Å². The maximum atomic E-state index is 13.0. The van der Waals surface area contributed by atoms with E-state index in [9.17, 15) is 13.2 Å². The van der Waals surface area contributed by atoms with Crippen LogP contribution in [0.1, 0.15) is 41.4 Å². The van der Waals surface area contributed by atoms with Crippen molar-refractivity contribution in [2.75, 3.05) is 19.7 Å². The highest BCUT2D eigenvalue weighted by molar-refractivity contribution is 7.89. The predicted octanol–water partition coefficient (Wildman–Crippen LogP) is 3.21. The number of hydrogen-bond donors (Lipinski definition) is 0. The summed E-state index contributed by atoms with van der Waals surface area (Å²) in [6.45, 7) is 4.42. The molecule has 0 saturated carbocycles. The van der Waals surface area contributed by atoms with Crippen LogP contribution in [-0.2, 0) is 21.2 Å². The number of carbonyl (C=O) groups excluding carboxylic acids is 1. The fourth-order valence-corrected chi connectivity index (χ4v) is 4.51. The number of benzene rings is 2. The molecule has 0 amide bonds. The van der Waals surface area contributed by atoms with E-state index in [2.05, 4.69) is 6.92 Å². The zero-order valence-electron chi connectivity index (χ0n) is 15.0. The SMILES string of the molecule is CCc1ccc(C2CN(S(=O)(=O)c3cccc(C(C)=O)c3)CCO2)cc1. The van der Waals surface area contributed by atoms with E-state index in [4.69, 9.17) is 4.74 Å². The zero-order chi connectivity index (χ0) is 18.7. The van der Waals surface area contributed by atoms with Gasteiger partial charge >= 0.3 is 0 Å². The standard InChI is InChI=1S/C20H23NO4S/c1-3-16-7-9-17(10-8-16)20-14-21(11-12-25-20)26(23,24)19-6-4-5-18(13-19)15(2)22/h4-10,13,20H,3,11-12,14H2,1-2H3. The minimum Gasteiger partial charge on any atom is -0.371 e. The number of aryl methyl sites for hydroxylation is 1. The van der Waals surface area contributed by atoms with Gasteiger partial charge in [0, 0.05) is 18.7 Å². The van der Waals surface area contributed by atoms with E-state index in [0.717, 1.165) is 12.0 Å². The molecule has 2 aromatic rings. The molecule has 1 aliphatic heterocycles. The number of morpholine rings is 1. The largest absolute Gasteiger partial charge is 0.371 e. The molecule has 2 aromatic carbocycles. The van der Waals surface area contributed by atoms with Crippen molar-refractivity contribution in [2.45, 2.75) is 31.3 Å². The Kier molecular flexibility index (Phi) is 5.55. The van der Waals surface area contributed by atoms with Gasteiger partial charge in [-0.05, 0) is 36.6 Å². The molecule has 6 heteroatoms. The van der Waals surface area contributed by atoms with Gasteiger partial charge in [-0.3, -0.25) is 4.79 Å². The summed E-state index contributed by atoms with van der Waals surface area (Å²) < 4.78 is 33.2. The van der Waals surface area contributed by atoms with E-state index in [1.807, 2.05) is 24.3 Å². The lowest BCUT2D eigenvalue weighted by Crippen LogP contribution is -2.42. The van der Waals surface area contributed by atoms with Gasteiger partial charge in [0.15, 0.2) is 5.78 Å².